The molecule has 1 aliphatic rings. The van der Waals surface area contributed by atoms with Crippen LogP contribution in [0, 0.1) is 5.92 Å². The normalized spacial score (nSPS) is 29.9. The minimum absolute atomic E-state index is 0.0205. The van der Waals surface area contributed by atoms with Gasteiger partial charge in [-0.1, -0.05) is 6.08 Å². The molecule has 0 aromatic carbocycles. The van der Waals surface area contributed by atoms with Crippen LogP contribution in [0.2, 0.25) is 0 Å². The molecule has 1 aliphatic carbocycles. The van der Waals surface area contributed by atoms with Gasteiger partial charge in [-0.2, -0.15) is 0 Å². The Balaban J connectivity index is 2.39. The molecule has 0 bridgehead atoms. The van der Waals surface area contributed by atoms with E-state index in [0.29, 0.717) is 6.42 Å². The summed E-state index contributed by atoms with van der Waals surface area (Å²) in [5.41, 5.74) is -0.487. The Bertz CT molecular complexity index is 270. The highest BCUT2D eigenvalue weighted by molar-refractivity contribution is 5.68. The quantitative estimate of drug-likeness (QED) is 0.708. The molecule has 4 heteroatoms. The molecule has 0 aliphatic heterocycles. The van der Waals surface area contributed by atoms with E-state index in [-0.39, 0.29) is 12.0 Å². The Morgan fingerprint density at radius 1 is 1.50 bits per heavy atom. The third-order valence-corrected chi connectivity index (χ3v) is 2.60. The van der Waals surface area contributed by atoms with Gasteiger partial charge in [-0.25, -0.2) is 4.79 Å². The standard InChI is InChI=1S/C12H21NO3/c1-5-8-6-9(7-10(8)14)13-11(15)16-12(2,3)4/h5,8-10,14H,1,6-7H2,2-4H3,(H,13,15)/t8-,9-,10-/m1/s1. The number of aliphatic hydroxyl groups is 1. The number of rotatable bonds is 2. The lowest BCUT2D eigenvalue weighted by Gasteiger charge is -2.21. The monoisotopic (exact) mass is 227 g/mol. The lowest BCUT2D eigenvalue weighted by atomic mass is 10.1. The number of amides is 1. The first-order chi connectivity index (χ1) is 7.31. The largest absolute Gasteiger partial charge is 0.444 e. The van der Waals surface area contributed by atoms with Crippen LogP contribution in [0.15, 0.2) is 12.7 Å². The van der Waals surface area contributed by atoms with Crippen LogP contribution in [-0.4, -0.2) is 28.9 Å². The Hall–Kier alpha value is -1.03. The summed E-state index contributed by atoms with van der Waals surface area (Å²) in [7, 11) is 0. The number of carbonyl (C=O) groups excluding carboxylic acids is 1. The van der Waals surface area contributed by atoms with Gasteiger partial charge >= 0.3 is 6.09 Å². The molecule has 0 saturated heterocycles. The SMILES string of the molecule is C=C[C@@H]1C[C@@H](NC(=O)OC(C)(C)C)C[C@H]1O. The van der Waals surface area contributed by atoms with Crippen molar-refractivity contribution in [2.45, 2.75) is 51.4 Å². The predicted molar refractivity (Wildman–Crippen MR) is 62.1 cm³/mol. The molecule has 4 nitrogen and oxygen atoms in total. The summed E-state index contributed by atoms with van der Waals surface area (Å²) in [5.74, 6) is 0.0694. The number of hydrogen-bond acceptors (Lipinski definition) is 3. The smallest absolute Gasteiger partial charge is 0.407 e. The van der Waals surface area contributed by atoms with Crippen LogP contribution in [-0.2, 0) is 4.74 Å². The number of aliphatic hydroxyl groups excluding tert-OH is 1. The molecular formula is C12H21NO3. The second-order valence-corrected chi connectivity index (χ2v) is 5.28. The van der Waals surface area contributed by atoms with Crippen LogP contribution in [0.3, 0.4) is 0 Å². The Morgan fingerprint density at radius 3 is 2.56 bits per heavy atom. The highest BCUT2D eigenvalue weighted by atomic mass is 16.6. The third kappa shape index (κ3) is 3.85. The summed E-state index contributed by atoms with van der Waals surface area (Å²) in [5, 5.41) is 12.4. The van der Waals surface area contributed by atoms with Crippen LogP contribution in [0.25, 0.3) is 0 Å². The molecule has 0 aromatic rings. The highest BCUT2D eigenvalue weighted by Crippen LogP contribution is 2.27. The van der Waals surface area contributed by atoms with E-state index < -0.39 is 17.8 Å². The van der Waals surface area contributed by atoms with Crippen LogP contribution in [0.4, 0.5) is 4.79 Å². The average molecular weight is 227 g/mol. The van der Waals surface area contributed by atoms with Crippen molar-refractivity contribution in [2.75, 3.05) is 0 Å². The van der Waals surface area contributed by atoms with Gasteiger partial charge in [0.15, 0.2) is 0 Å². The topological polar surface area (TPSA) is 58.6 Å². The Labute approximate surface area is 96.7 Å². The van der Waals surface area contributed by atoms with Gasteiger partial charge in [-0.15, -0.1) is 6.58 Å². The first-order valence-corrected chi connectivity index (χ1v) is 5.62. The molecule has 3 atom stereocenters. The third-order valence-electron chi connectivity index (χ3n) is 2.60. The van der Waals surface area contributed by atoms with Crippen molar-refractivity contribution in [3.8, 4) is 0 Å². The summed E-state index contributed by atoms with van der Waals surface area (Å²) >= 11 is 0. The molecule has 0 aromatic heterocycles. The maximum Gasteiger partial charge on any atom is 0.407 e. The van der Waals surface area contributed by atoms with Gasteiger partial charge in [0.1, 0.15) is 5.60 Å². The predicted octanol–water partition coefficient (Wildman–Crippen LogP) is 1.84. The van der Waals surface area contributed by atoms with E-state index >= 15 is 0 Å². The van der Waals surface area contributed by atoms with Crippen LogP contribution >= 0.6 is 0 Å². The van der Waals surface area contributed by atoms with E-state index in [1.165, 1.54) is 0 Å². The van der Waals surface area contributed by atoms with Gasteiger partial charge in [-0.05, 0) is 33.6 Å². The summed E-state index contributed by atoms with van der Waals surface area (Å²) in [6.07, 6.45) is 2.20. The maximum absolute atomic E-state index is 11.5. The number of ether oxygens (including phenoxy) is 1. The highest BCUT2D eigenvalue weighted by Gasteiger charge is 2.32. The Morgan fingerprint density at radius 2 is 2.12 bits per heavy atom. The molecular weight excluding hydrogens is 206 g/mol. The molecule has 1 saturated carbocycles. The van der Waals surface area contributed by atoms with E-state index in [1.54, 1.807) is 6.08 Å². The zero-order valence-electron chi connectivity index (χ0n) is 10.2. The fourth-order valence-corrected chi connectivity index (χ4v) is 1.89. The summed E-state index contributed by atoms with van der Waals surface area (Å²) < 4.78 is 5.15. The first kappa shape index (κ1) is 13.0. The zero-order chi connectivity index (χ0) is 12.3. The van der Waals surface area contributed by atoms with Crippen molar-refractivity contribution >= 4 is 6.09 Å². The molecule has 0 spiro atoms. The van der Waals surface area contributed by atoms with Gasteiger partial charge in [0.05, 0.1) is 6.10 Å². The summed E-state index contributed by atoms with van der Waals surface area (Å²) in [6, 6.07) is -0.0205. The van der Waals surface area contributed by atoms with Gasteiger partial charge < -0.3 is 15.2 Å². The van der Waals surface area contributed by atoms with Crippen molar-refractivity contribution in [1.82, 2.24) is 5.32 Å². The van der Waals surface area contributed by atoms with Gasteiger partial charge in [-0.3, -0.25) is 0 Å². The summed E-state index contributed by atoms with van der Waals surface area (Å²) in [6.45, 7) is 9.13. The molecule has 0 radical (unpaired) electrons. The minimum Gasteiger partial charge on any atom is -0.444 e. The minimum atomic E-state index is -0.487. The zero-order valence-corrected chi connectivity index (χ0v) is 10.2. The molecule has 1 fully saturated rings. The number of nitrogens with one attached hydrogen (secondary N) is 1. The van der Waals surface area contributed by atoms with Crippen molar-refractivity contribution in [1.29, 1.82) is 0 Å². The van der Waals surface area contributed by atoms with Crippen molar-refractivity contribution < 1.29 is 14.6 Å². The molecule has 1 amide bonds. The number of alkyl carbamates (subject to hydrolysis) is 1. The number of carbonyl (C=O) groups is 1. The fraction of sp³-hybridized carbons (Fsp3) is 0.750. The number of hydrogen-bond donors (Lipinski definition) is 2. The average Bonchev–Trinajstić information content (AvgIpc) is 2.42. The second-order valence-electron chi connectivity index (χ2n) is 5.28. The van der Waals surface area contributed by atoms with Crippen molar-refractivity contribution in [3.63, 3.8) is 0 Å². The van der Waals surface area contributed by atoms with Crippen molar-refractivity contribution in [2.24, 2.45) is 5.92 Å². The van der Waals surface area contributed by atoms with Gasteiger partial charge in [0.2, 0.25) is 0 Å². The molecule has 1 rings (SSSR count). The molecule has 16 heavy (non-hydrogen) atoms. The van der Waals surface area contributed by atoms with E-state index in [1.807, 2.05) is 20.8 Å². The van der Waals surface area contributed by atoms with Crippen LogP contribution < -0.4 is 5.32 Å². The lowest BCUT2D eigenvalue weighted by Crippen LogP contribution is -2.38. The van der Waals surface area contributed by atoms with E-state index in [9.17, 15) is 9.90 Å². The Kier molecular flexibility index (Phi) is 3.97. The van der Waals surface area contributed by atoms with Crippen LogP contribution in [0.5, 0.6) is 0 Å². The second kappa shape index (κ2) is 4.87. The maximum atomic E-state index is 11.5. The summed E-state index contributed by atoms with van der Waals surface area (Å²) in [4.78, 5) is 11.5. The van der Waals surface area contributed by atoms with Gasteiger partial charge in [0.25, 0.3) is 0 Å². The lowest BCUT2D eigenvalue weighted by molar-refractivity contribution is 0.0502. The van der Waals surface area contributed by atoms with E-state index in [0.717, 1.165) is 6.42 Å². The van der Waals surface area contributed by atoms with Crippen molar-refractivity contribution in [3.05, 3.63) is 12.7 Å². The molecule has 92 valence electrons. The molecule has 0 unspecified atom stereocenters. The first-order valence-electron chi connectivity index (χ1n) is 5.62. The fourth-order valence-electron chi connectivity index (χ4n) is 1.89. The van der Waals surface area contributed by atoms with E-state index in [4.69, 9.17) is 4.74 Å². The van der Waals surface area contributed by atoms with Gasteiger partial charge in [0, 0.05) is 12.0 Å². The molecule has 2 N–H and O–H groups in total. The van der Waals surface area contributed by atoms with E-state index in [2.05, 4.69) is 11.9 Å². The van der Waals surface area contributed by atoms with Crippen LogP contribution in [0.1, 0.15) is 33.6 Å². The molecule has 0 heterocycles.